The molecule has 0 aliphatic rings. The fraction of sp³-hybridized carbons (Fsp3) is 0.385. The minimum atomic E-state index is 0.987. The zero-order valence-corrected chi connectivity index (χ0v) is 9.92. The first-order valence-electron chi connectivity index (χ1n) is 6.01. The minimum absolute atomic E-state index is 0.987. The molecule has 0 aliphatic carbocycles. The molecular weight excluding hydrogens is 212 g/mol. The van der Waals surface area contributed by atoms with Gasteiger partial charge < -0.3 is 9.88 Å². The molecule has 0 amide bonds. The number of pyridine rings is 1. The molecule has 0 bridgehead atoms. The van der Waals surface area contributed by atoms with E-state index >= 15 is 0 Å². The van der Waals surface area contributed by atoms with E-state index in [-0.39, 0.29) is 0 Å². The molecule has 0 fully saturated rings. The van der Waals surface area contributed by atoms with Gasteiger partial charge in [0.15, 0.2) is 0 Å². The second-order valence-corrected chi connectivity index (χ2v) is 3.98. The van der Waals surface area contributed by atoms with E-state index < -0.39 is 0 Å². The number of nitrogens with one attached hydrogen (secondary N) is 1. The van der Waals surface area contributed by atoms with Crippen LogP contribution in [-0.2, 0) is 13.0 Å². The molecule has 0 unspecified atom stereocenters. The van der Waals surface area contributed by atoms with Gasteiger partial charge in [-0.25, -0.2) is 4.98 Å². The predicted molar refractivity (Wildman–Crippen MR) is 67.7 cm³/mol. The molecule has 2 aromatic heterocycles. The van der Waals surface area contributed by atoms with Gasteiger partial charge in [0.25, 0.3) is 0 Å². The Bertz CT molecular complexity index is 397. The van der Waals surface area contributed by atoms with E-state index in [2.05, 4.69) is 25.9 Å². The second-order valence-electron chi connectivity index (χ2n) is 3.98. The van der Waals surface area contributed by atoms with Gasteiger partial charge in [0.1, 0.15) is 0 Å². The smallest absolute Gasteiger partial charge is 0.0945 e. The first kappa shape index (κ1) is 11.8. The third kappa shape index (κ3) is 4.36. The van der Waals surface area contributed by atoms with Crippen molar-refractivity contribution >= 4 is 0 Å². The summed E-state index contributed by atoms with van der Waals surface area (Å²) < 4.78 is 2.10. The quantitative estimate of drug-likeness (QED) is 0.733. The normalized spacial score (nSPS) is 10.6. The minimum Gasteiger partial charge on any atom is -0.337 e. The first-order chi connectivity index (χ1) is 8.45. The summed E-state index contributed by atoms with van der Waals surface area (Å²) >= 11 is 0. The van der Waals surface area contributed by atoms with Crippen molar-refractivity contribution in [2.75, 3.05) is 13.1 Å². The number of hydrogen-bond donors (Lipinski definition) is 1. The van der Waals surface area contributed by atoms with Crippen molar-refractivity contribution in [1.82, 2.24) is 19.9 Å². The van der Waals surface area contributed by atoms with E-state index in [4.69, 9.17) is 0 Å². The van der Waals surface area contributed by atoms with Gasteiger partial charge >= 0.3 is 0 Å². The van der Waals surface area contributed by atoms with Crippen LogP contribution in [0.2, 0.25) is 0 Å². The Morgan fingerprint density at radius 1 is 1.18 bits per heavy atom. The van der Waals surface area contributed by atoms with Crippen molar-refractivity contribution in [3.05, 3.63) is 48.8 Å². The average molecular weight is 230 g/mol. The molecule has 2 rings (SSSR count). The molecule has 1 N–H and O–H groups in total. The zero-order valence-electron chi connectivity index (χ0n) is 9.92. The van der Waals surface area contributed by atoms with Gasteiger partial charge in [-0.15, -0.1) is 0 Å². The highest BCUT2D eigenvalue weighted by molar-refractivity contribution is 5.03. The molecule has 0 saturated heterocycles. The maximum absolute atomic E-state index is 4.28. The van der Waals surface area contributed by atoms with Gasteiger partial charge in [0.2, 0.25) is 0 Å². The van der Waals surface area contributed by atoms with Crippen LogP contribution in [-0.4, -0.2) is 27.6 Å². The summed E-state index contributed by atoms with van der Waals surface area (Å²) in [5.41, 5.74) is 1.15. The summed E-state index contributed by atoms with van der Waals surface area (Å²) in [5.74, 6) is 0. The molecule has 2 aromatic rings. The Morgan fingerprint density at radius 3 is 2.94 bits per heavy atom. The van der Waals surface area contributed by atoms with Crippen LogP contribution in [0.4, 0.5) is 0 Å². The average Bonchev–Trinajstić information content (AvgIpc) is 2.88. The summed E-state index contributed by atoms with van der Waals surface area (Å²) in [5, 5.41) is 3.42. The van der Waals surface area contributed by atoms with Crippen LogP contribution in [0.5, 0.6) is 0 Å². The lowest BCUT2D eigenvalue weighted by molar-refractivity contribution is 0.580. The van der Waals surface area contributed by atoms with E-state index in [0.29, 0.717) is 0 Å². The van der Waals surface area contributed by atoms with Crippen molar-refractivity contribution in [3.63, 3.8) is 0 Å². The topological polar surface area (TPSA) is 42.7 Å². The third-order valence-electron chi connectivity index (χ3n) is 2.61. The van der Waals surface area contributed by atoms with Crippen molar-refractivity contribution in [3.8, 4) is 0 Å². The highest BCUT2D eigenvalue weighted by atomic mass is 15.0. The largest absolute Gasteiger partial charge is 0.337 e. The van der Waals surface area contributed by atoms with Crippen LogP contribution in [0.1, 0.15) is 12.1 Å². The van der Waals surface area contributed by atoms with Crippen LogP contribution in [0.3, 0.4) is 0 Å². The van der Waals surface area contributed by atoms with E-state index in [1.54, 1.807) is 0 Å². The molecule has 0 atom stereocenters. The van der Waals surface area contributed by atoms with E-state index in [1.807, 2.05) is 37.1 Å². The Balaban J connectivity index is 1.52. The molecule has 0 spiro atoms. The predicted octanol–water partition coefficient (Wildman–Crippen LogP) is 1.50. The number of imidazole rings is 1. The Morgan fingerprint density at radius 2 is 2.18 bits per heavy atom. The summed E-state index contributed by atoms with van der Waals surface area (Å²) in [6.45, 7) is 3.04. The lowest BCUT2D eigenvalue weighted by atomic mass is 10.2. The highest BCUT2D eigenvalue weighted by Crippen LogP contribution is 1.93. The Kier molecular flexibility index (Phi) is 4.72. The molecule has 4 nitrogen and oxygen atoms in total. The van der Waals surface area contributed by atoms with Crippen LogP contribution in [0.25, 0.3) is 0 Å². The number of nitrogens with zero attached hydrogens (tertiary/aromatic N) is 3. The lowest BCUT2D eigenvalue weighted by Gasteiger charge is -2.05. The summed E-state index contributed by atoms with van der Waals surface area (Å²) in [4.78, 5) is 8.30. The number of hydrogen-bond acceptors (Lipinski definition) is 3. The zero-order chi connectivity index (χ0) is 11.8. The van der Waals surface area contributed by atoms with Crippen molar-refractivity contribution in [2.45, 2.75) is 19.4 Å². The van der Waals surface area contributed by atoms with Gasteiger partial charge in [-0.3, -0.25) is 4.98 Å². The maximum atomic E-state index is 4.28. The Hall–Kier alpha value is -1.68. The number of rotatable bonds is 7. The maximum Gasteiger partial charge on any atom is 0.0945 e. The summed E-state index contributed by atoms with van der Waals surface area (Å²) in [7, 11) is 0. The molecule has 0 saturated carbocycles. The van der Waals surface area contributed by atoms with Crippen molar-refractivity contribution < 1.29 is 0 Å². The van der Waals surface area contributed by atoms with Gasteiger partial charge in [-0.2, -0.15) is 0 Å². The van der Waals surface area contributed by atoms with Crippen molar-refractivity contribution in [1.29, 1.82) is 0 Å². The van der Waals surface area contributed by atoms with Crippen LogP contribution in [0.15, 0.2) is 43.1 Å². The van der Waals surface area contributed by atoms with Crippen LogP contribution < -0.4 is 5.32 Å². The molecule has 17 heavy (non-hydrogen) atoms. The second kappa shape index (κ2) is 6.81. The first-order valence-corrected chi connectivity index (χ1v) is 6.01. The highest BCUT2D eigenvalue weighted by Gasteiger charge is 1.93. The number of aryl methyl sites for hydroxylation is 1. The van der Waals surface area contributed by atoms with Gasteiger partial charge in [0.05, 0.1) is 6.33 Å². The van der Waals surface area contributed by atoms with Gasteiger partial charge in [0, 0.05) is 43.8 Å². The molecule has 0 aromatic carbocycles. The van der Waals surface area contributed by atoms with Gasteiger partial charge in [-0.1, -0.05) is 6.07 Å². The van der Waals surface area contributed by atoms with E-state index in [1.165, 1.54) is 0 Å². The summed E-state index contributed by atoms with van der Waals surface area (Å²) in [6, 6.07) is 6.04. The van der Waals surface area contributed by atoms with E-state index in [0.717, 1.165) is 38.2 Å². The fourth-order valence-corrected chi connectivity index (χ4v) is 1.69. The molecule has 90 valence electrons. The standard InChI is InChI=1S/C13H18N4/c1-2-7-16-13(4-1)5-8-14-6-3-10-17-11-9-15-12-17/h1-2,4,7,9,11-12,14H,3,5-6,8,10H2. The molecule has 0 radical (unpaired) electrons. The SMILES string of the molecule is c1ccc(CCNCCCn2ccnc2)nc1. The molecule has 4 heteroatoms. The fourth-order valence-electron chi connectivity index (χ4n) is 1.69. The number of aromatic nitrogens is 3. The lowest BCUT2D eigenvalue weighted by Crippen LogP contribution is -2.20. The monoisotopic (exact) mass is 230 g/mol. The molecule has 2 heterocycles. The summed E-state index contributed by atoms with van der Waals surface area (Å²) in [6.07, 6.45) is 9.62. The molecular formula is C13H18N4. The van der Waals surface area contributed by atoms with Crippen LogP contribution in [0, 0.1) is 0 Å². The van der Waals surface area contributed by atoms with Crippen LogP contribution >= 0.6 is 0 Å². The Labute approximate surface area is 102 Å². The van der Waals surface area contributed by atoms with Gasteiger partial charge in [-0.05, 0) is 25.1 Å². The molecule has 0 aliphatic heterocycles. The third-order valence-corrected chi connectivity index (χ3v) is 2.61. The van der Waals surface area contributed by atoms with E-state index in [9.17, 15) is 0 Å². The van der Waals surface area contributed by atoms with Crippen molar-refractivity contribution in [2.24, 2.45) is 0 Å².